The molecule has 2 N–H and O–H groups in total. The van der Waals surface area contributed by atoms with Gasteiger partial charge in [-0.05, 0) is 43.0 Å². The molecule has 0 spiro atoms. The van der Waals surface area contributed by atoms with Crippen molar-refractivity contribution >= 4 is 5.91 Å². The summed E-state index contributed by atoms with van der Waals surface area (Å²) in [5.74, 6) is 0.492. The number of benzene rings is 2. The average Bonchev–Trinajstić information content (AvgIpc) is 2.99. The van der Waals surface area contributed by atoms with Crippen LogP contribution in [-0.2, 0) is 19.4 Å². The van der Waals surface area contributed by atoms with Crippen molar-refractivity contribution in [3.05, 3.63) is 77.1 Å². The zero-order chi connectivity index (χ0) is 20.1. The quantitative estimate of drug-likeness (QED) is 0.616. The standard InChI is InChI=1S/C24H28N2O2/c1-4-8-21-23(19-9-6-5-7-10-19)22(24(25)27)17(2)26(21)16-15-18-11-13-20(28-3)14-12-18/h5-7,9-14H,4,8,15-16H2,1-3H3,(H2,25,27). The summed E-state index contributed by atoms with van der Waals surface area (Å²) in [6, 6.07) is 18.2. The van der Waals surface area contributed by atoms with E-state index in [0.717, 1.165) is 48.4 Å². The Hall–Kier alpha value is -3.01. The number of hydrogen-bond acceptors (Lipinski definition) is 2. The van der Waals surface area contributed by atoms with Gasteiger partial charge in [-0.1, -0.05) is 55.8 Å². The van der Waals surface area contributed by atoms with Gasteiger partial charge in [-0.15, -0.1) is 0 Å². The summed E-state index contributed by atoms with van der Waals surface area (Å²) in [6.45, 7) is 4.97. The lowest BCUT2D eigenvalue weighted by molar-refractivity contribution is 0.1000. The Bertz CT molecular complexity index is 941. The van der Waals surface area contributed by atoms with E-state index in [4.69, 9.17) is 10.5 Å². The lowest BCUT2D eigenvalue weighted by atomic mass is 9.98. The van der Waals surface area contributed by atoms with Crippen LogP contribution in [0.15, 0.2) is 54.6 Å². The molecule has 28 heavy (non-hydrogen) atoms. The maximum Gasteiger partial charge on any atom is 0.251 e. The van der Waals surface area contributed by atoms with E-state index < -0.39 is 0 Å². The van der Waals surface area contributed by atoms with Crippen LogP contribution in [0.2, 0.25) is 0 Å². The van der Waals surface area contributed by atoms with Gasteiger partial charge in [-0.25, -0.2) is 0 Å². The summed E-state index contributed by atoms with van der Waals surface area (Å²) in [5, 5.41) is 0. The number of nitrogens with two attached hydrogens (primary N) is 1. The molecule has 0 bridgehead atoms. The molecule has 3 rings (SSSR count). The minimum atomic E-state index is -0.364. The molecule has 0 aliphatic heterocycles. The van der Waals surface area contributed by atoms with Gasteiger partial charge < -0.3 is 15.0 Å². The number of carbonyl (C=O) groups excluding carboxylic acids is 1. The molecule has 0 saturated heterocycles. The van der Waals surface area contributed by atoms with E-state index in [1.165, 1.54) is 11.3 Å². The van der Waals surface area contributed by atoms with Crippen molar-refractivity contribution in [1.82, 2.24) is 4.57 Å². The molecule has 1 amide bonds. The first kappa shape index (κ1) is 19.7. The number of aromatic nitrogens is 1. The van der Waals surface area contributed by atoms with E-state index in [9.17, 15) is 4.79 Å². The van der Waals surface area contributed by atoms with Gasteiger partial charge in [0.15, 0.2) is 0 Å². The van der Waals surface area contributed by atoms with E-state index in [-0.39, 0.29) is 5.91 Å². The fourth-order valence-corrected chi connectivity index (χ4v) is 3.85. The highest BCUT2D eigenvalue weighted by Gasteiger charge is 2.24. The van der Waals surface area contributed by atoms with Crippen LogP contribution < -0.4 is 10.5 Å². The number of nitrogens with zero attached hydrogens (tertiary/aromatic N) is 1. The fourth-order valence-electron chi connectivity index (χ4n) is 3.85. The summed E-state index contributed by atoms with van der Waals surface area (Å²) in [7, 11) is 1.67. The molecule has 4 heteroatoms. The monoisotopic (exact) mass is 376 g/mol. The molecule has 0 fully saturated rings. The number of primary amides is 1. The lowest BCUT2D eigenvalue weighted by Crippen LogP contribution is -2.14. The predicted molar refractivity (Wildman–Crippen MR) is 114 cm³/mol. The summed E-state index contributed by atoms with van der Waals surface area (Å²) < 4.78 is 7.51. The second kappa shape index (κ2) is 8.79. The molecule has 146 valence electrons. The second-order valence-corrected chi connectivity index (χ2v) is 7.01. The SMILES string of the molecule is CCCc1c(-c2ccccc2)c(C(N)=O)c(C)n1CCc1ccc(OC)cc1. The molecule has 0 aliphatic carbocycles. The highest BCUT2D eigenvalue weighted by atomic mass is 16.5. The number of ether oxygens (including phenoxy) is 1. The van der Waals surface area contributed by atoms with E-state index in [1.54, 1.807) is 7.11 Å². The zero-order valence-electron chi connectivity index (χ0n) is 16.9. The number of carbonyl (C=O) groups is 1. The van der Waals surface area contributed by atoms with Crippen LogP contribution in [-0.4, -0.2) is 17.6 Å². The van der Waals surface area contributed by atoms with Gasteiger partial charge in [-0.3, -0.25) is 4.79 Å². The summed E-state index contributed by atoms with van der Waals surface area (Å²) in [6.07, 6.45) is 2.79. The van der Waals surface area contributed by atoms with Crippen LogP contribution in [0.4, 0.5) is 0 Å². The summed E-state index contributed by atoms with van der Waals surface area (Å²) in [4.78, 5) is 12.3. The normalized spacial score (nSPS) is 10.8. The second-order valence-electron chi connectivity index (χ2n) is 7.01. The van der Waals surface area contributed by atoms with Gasteiger partial charge in [0.05, 0.1) is 12.7 Å². The van der Waals surface area contributed by atoms with Crippen LogP contribution in [0.5, 0.6) is 5.75 Å². The molecule has 0 aliphatic rings. The molecule has 1 heterocycles. The summed E-state index contributed by atoms with van der Waals surface area (Å²) >= 11 is 0. The highest BCUT2D eigenvalue weighted by molar-refractivity contribution is 6.02. The first-order valence-electron chi connectivity index (χ1n) is 9.76. The molecule has 4 nitrogen and oxygen atoms in total. The van der Waals surface area contributed by atoms with Gasteiger partial charge in [0.2, 0.25) is 0 Å². The Morgan fingerprint density at radius 3 is 2.29 bits per heavy atom. The Labute approximate surface area is 166 Å². The molecule has 0 radical (unpaired) electrons. The van der Waals surface area contributed by atoms with Crippen LogP contribution in [0.3, 0.4) is 0 Å². The third-order valence-corrected chi connectivity index (χ3v) is 5.21. The molecule has 0 unspecified atom stereocenters. The number of hydrogen-bond donors (Lipinski definition) is 1. The van der Waals surface area contributed by atoms with E-state index in [0.29, 0.717) is 5.56 Å². The third kappa shape index (κ3) is 3.96. The Morgan fingerprint density at radius 2 is 1.71 bits per heavy atom. The van der Waals surface area contributed by atoms with E-state index >= 15 is 0 Å². The number of methoxy groups -OCH3 is 1. The van der Waals surface area contributed by atoms with Crippen molar-refractivity contribution in [2.45, 2.75) is 39.7 Å². The number of rotatable bonds is 8. The minimum Gasteiger partial charge on any atom is -0.497 e. The molecular formula is C24H28N2O2. The Kier molecular flexibility index (Phi) is 6.19. The Morgan fingerprint density at radius 1 is 1.04 bits per heavy atom. The molecular weight excluding hydrogens is 348 g/mol. The molecule has 0 saturated carbocycles. The van der Waals surface area contributed by atoms with Crippen molar-refractivity contribution in [2.75, 3.05) is 7.11 Å². The van der Waals surface area contributed by atoms with E-state index in [1.807, 2.05) is 49.4 Å². The first-order valence-corrected chi connectivity index (χ1v) is 9.76. The van der Waals surface area contributed by atoms with Crippen LogP contribution in [0, 0.1) is 6.92 Å². The van der Waals surface area contributed by atoms with Gasteiger partial charge >= 0.3 is 0 Å². The van der Waals surface area contributed by atoms with Gasteiger partial charge in [0.25, 0.3) is 5.91 Å². The third-order valence-electron chi connectivity index (χ3n) is 5.21. The smallest absolute Gasteiger partial charge is 0.251 e. The Balaban J connectivity index is 2.03. The van der Waals surface area contributed by atoms with Crippen molar-refractivity contribution < 1.29 is 9.53 Å². The lowest BCUT2D eigenvalue weighted by Gasteiger charge is -2.13. The van der Waals surface area contributed by atoms with Crippen molar-refractivity contribution in [3.63, 3.8) is 0 Å². The van der Waals surface area contributed by atoms with Gasteiger partial charge in [0.1, 0.15) is 5.75 Å². The van der Waals surface area contributed by atoms with Gasteiger partial charge in [-0.2, -0.15) is 0 Å². The maximum atomic E-state index is 12.3. The molecule has 0 atom stereocenters. The van der Waals surface area contributed by atoms with Crippen molar-refractivity contribution in [3.8, 4) is 16.9 Å². The highest BCUT2D eigenvalue weighted by Crippen LogP contribution is 2.33. The maximum absolute atomic E-state index is 12.3. The van der Waals surface area contributed by atoms with Crippen molar-refractivity contribution in [2.24, 2.45) is 5.73 Å². The number of aryl methyl sites for hydroxylation is 1. The molecule has 2 aromatic carbocycles. The van der Waals surface area contributed by atoms with Crippen LogP contribution in [0.1, 0.15) is 40.7 Å². The van der Waals surface area contributed by atoms with Gasteiger partial charge in [0, 0.05) is 23.5 Å². The van der Waals surface area contributed by atoms with E-state index in [2.05, 4.69) is 23.6 Å². The molecule has 3 aromatic rings. The average molecular weight is 377 g/mol. The fraction of sp³-hybridized carbons (Fsp3) is 0.292. The van der Waals surface area contributed by atoms with Crippen LogP contribution in [0.25, 0.3) is 11.1 Å². The predicted octanol–water partition coefficient (Wildman–Crippen LogP) is 4.77. The topological polar surface area (TPSA) is 57.2 Å². The molecule has 1 aromatic heterocycles. The summed E-state index contributed by atoms with van der Waals surface area (Å²) in [5.41, 5.74) is 11.9. The zero-order valence-corrected chi connectivity index (χ0v) is 16.9. The number of amides is 1. The van der Waals surface area contributed by atoms with Crippen LogP contribution >= 0.6 is 0 Å². The minimum absolute atomic E-state index is 0.364. The van der Waals surface area contributed by atoms with Crippen molar-refractivity contribution in [1.29, 1.82) is 0 Å². The largest absolute Gasteiger partial charge is 0.497 e. The first-order chi connectivity index (χ1) is 13.6.